The Labute approximate surface area is 213 Å². The summed E-state index contributed by atoms with van der Waals surface area (Å²) in [6, 6.07) is 6.06. The first kappa shape index (κ1) is 27.5. The average molecular weight is 546 g/mol. The van der Waals surface area contributed by atoms with Crippen LogP contribution in [0, 0.1) is 0 Å². The topological polar surface area (TPSA) is 126 Å². The van der Waals surface area contributed by atoms with Gasteiger partial charge in [0.2, 0.25) is 10.0 Å². The van der Waals surface area contributed by atoms with Crippen molar-refractivity contribution in [3.05, 3.63) is 42.4 Å². The number of nitrogens with one attached hydrogen (secondary N) is 2. The fraction of sp³-hybridized carbons (Fsp3) is 0.565. The third-order valence-corrected chi connectivity index (χ3v) is 8.02. The first-order valence-corrected chi connectivity index (χ1v) is 13.3. The van der Waals surface area contributed by atoms with Crippen molar-refractivity contribution in [3.63, 3.8) is 0 Å². The molecule has 0 unspecified atom stereocenters. The Morgan fingerprint density at radius 2 is 2.03 bits per heavy atom. The zero-order valence-electron chi connectivity index (χ0n) is 20.2. The lowest BCUT2D eigenvalue weighted by atomic mass is 9.87. The molecule has 1 aromatic carbocycles. The maximum Gasteiger partial charge on any atom is 0.434 e. The summed E-state index contributed by atoms with van der Waals surface area (Å²) >= 11 is 0. The van der Waals surface area contributed by atoms with E-state index in [0.29, 0.717) is 44.1 Å². The van der Waals surface area contributed by atoms with E-state index in [1.54, 1.807) is 12.1 Å². The minimum absolute atomic E-state index is 0.0160. The van der Waals surface area contributed by atoms with Crippen molar-refractivity contribution < 1.29 is 36.2 Å². The van der Waals surface area contributed by atoms with Crippen LogP contribution in [0.2, 0.25) is 0 Å². The summed E-state index contributed by atoms with van der Waals surface area (Å²) in [6.07, 6.45) is -1.28. The molecule has 0 amide bonds. The number of rotatable bonds is 9. The van der Waals surface area contributed by atoms with E-state index in [4.69, 9.17) is 9.47 Å². The molecular weight excluding hydrogens is 515 g/mol. The molecule has 14 heteroatoms. The first-order chi connectivity index (χ1) is 17.5. The molecule has 1 aromatic heterocycles. The number of halogens is 3. The third-order valence-electron chi connectivity index (χ3n) is 6.61. The van der Waals surface area contributed by atoms with Crippen molar-refractivity contribution in [1.82, 2.24) is 20.0 Å². The zero-order valence-corrected chi connectivity index (χ0v) is 21.1. The van der Waals surface area contributed by atoms with Crippen LogP contribution in [-0.4, -0.2) is 81.1 Å². The predicted molar refractivity (Wildman–Crippen MR) is 128 cm³/mol. The molecule has 0 bridgehead atoms. The van der Waals surface area contributed by atoms with Crippen LogP contribution in [0.3, 0.4) is 0 Å². The van der Waals surface area contributed by atoms with Gasteiger partial charge in [-0.15, -0.1) is 0 Å². The van der Waals surface area contributed by atoms with Gasteiger partial charge in [-0.2, -0.15) is 13.2 Å². The second-order valence-electron chi connectivity index (χ2n) is 9.20. The van der Waals surface area contributed by atoms with Crippen molar-refractivity contribution in [2.24, 2.45) is 0 Å². The van der Waals surface area contributed by atoms with Crippen LogP contribution >= 0.6 is 0 Å². The van der Waals surface area contributed by atoms with E-state index < -0.39 is 28.0 Å². The molecule has 3 N–H and O–H groups in total. The molecule has 3 heterocycles. The van der Waals surface area contributed by atoms with Crippen LogP contribution in [-0.2, 0) is 20.9 Å². The van der Waals surface area contributed by atoms with E-state index in [1.165, 1.54) is 19.2 Å². The van der Waals surface area contributed by atoms with Crippen molar-refractivity contribution in [2.45, 2.75) is 48.1 Å². The lowest BCUT2D eigenvalue weighted by Gasteiger charge is -2.39. The summed E-state index contributed by atoms with van der Waals surface area (Å²) in [4.78, 5) is 9.39. The van der Waals surface area contributed by atoms with Crippen LogP contribution in [0.1, 0.15) is 25.0 Å². The molecule has 0 saturated carbocycles. The monoisotopic (exact) mass is 545 g/mol. The summed E-state index contributed by atoms with van der Waals surface area (Å²) in [5, 5.41) is 13.6. The quantitative estimate of drug-likeness (QED) is 0.430. The molecule has 204 valence electrons. The number of aliphatic hydroxyl groups is 1. The van der Waals surface area contributed by atoms with E-state index in [0.717, 1.165) is 18.8 Å². The first-order valence-electron chi connectivity index (χ1n) is 11.9. The van der Waals surface area contributed by atoms with Gasteiger partial charge in [-0.25, -0.2) is 23.1 Å². The molecule has 37 heavy (non-hydrogen) atoms. The van der Waals surface area contributed by atoms with Gasteiger partial charge in [0.25, 0.3) is 0 Å². The molecule has 4 rings (SSSR count). The lowest BCUT2D eigenvalue weighted by molar-refractivity contribution is -0.141. The van der Waals surface area contributed by atoms with E-state index in [9.17, 15) is 26.7 Å². The highest BCUT2D eigenvalue weighted by atomic mass is 32.2. The Hall–Kier alpha value is -2.52. The number of sulfonamides is 1. The Kier molecular flexibility index (Phi) is 8.23. The van der Waals surface area contributed by atoms with E-state index in [-0.39, 0.29) is 29.7 Å². The molecule has 0 radical (unpaired) electrons. The summed E-state index contributed by atoms with van der Waals surface area (Å²) in [5.74, 6) is 0.746. The molecule has 0 aliphatic carbocycles. The second-order valence-corrected chi connectivity index (χ2v) is 11.1. The number of nitrogens with zero attached hydrogens (tertiary/aromatic N) is 3. The predicted octanol–water partition coefficient (Wildman–Crippen LogP) is 1.56. The van der Waals surface area contributed by atoms with Gasteiger partial charge in [-0.3, -0.25) is 0 Å². The minimum atomic E-state index is -4.52. The highest BCUT2D eigenvalue weighted by molar-refractivity contribution is 7.89. The number of hydrogen-bond acceptors (Lipinski definition) is 9. The SMILES string of the molecule is CNS(=O)(=O)c1cccc(OC[C@@H](O)CN[C@H]2COC3(CCN(c4cnc(C(F)(F)F)cn4)CC3)C2)c1. The minimum Gasteiger partial charge on any atom is -0.491 e. The Balaban J connectivity index is 1.20. The van der Waals surface area contributed by atoms with Gasteiger partial charge in [-0.05, 0) is 38.4 Å². The van der Waals surface area contributed by atoms with Crippen molar-refractivity contribution >= 4 is 15.8 Å². The van der Waals surface area contributed by atoms with Gasteiger partial charge in [0.15, 0.2) is 5.69 Å². The summed E-state index contributed by atoms with van der Waals surface area (Å²) in [5.41, 5.74) is -1.34. The molecule has 2 fully saturated rings. The van der Waals surface area contributed by atoms with E-state index in [1.807, 2.05) is 4.90 Å². The fourth-order valence-corrected chi connectivity index (χ4v) is 5.27. The molecule has 2 saturated heterocycles. The van der Waals surface area contributed by atoms with E-state index >= 15 is 0 Å². The smallest absolute Gasteiger partial charge is 0.434 e. The second kappa shape index (κ2) is 11.1. The van der Waals surface area contributed by atoms with Gasteiger partial charge < -0.3 is 24.8 Å². The van der Waals surface area contributed by atoms with Crippen LogP contribution in [0.4, 0.5) is 19.0 Å². The van der Waals surface area contributed by atoms with Gasteiger partial charge in [0, 0.05) is 31.7 Å². The molecule has 2 atom stereocenters. The molecular formula is C23H30F3N5O5S. The number of hydrogen-bond donors (Lipinski definition) is 3. The number of aromatic nitrogens is 2. The van der Waals surface area contributed by atoms with Crippen LogP contribution < -0.4 is 19.7 Å². The highest BCUT2D eigenvalue weighted by Gasteiger charge is 2.43. The van der Waals surface area contributed by atoms with Gasteiger partial charge in [0.1, 0.15) is 24.3 Å². The van der Waals surface area contributed by atoms with Crippen molar-refractivity contribution in [3.8, 4) is 5.75 Å². The summed E-state index contributed by atoms with van der Waals surface area (Å²) < 4.78 is 75.9. The normalized spacial score (nSPS) is 20.8. The fourth-order valence-electron chi connectivity index (χ4n) is 4.50. The molecule has 2 aliphatic rings. The highest BCUT2D eigenvalue weighted by Crippen LogP contribution is 2.37. The Bertz CT molecular complexity index is 1160. The Morgan fingerprint density at radius 1 is 1.27 bits per heavy atom. The molecule has 2 aliphatic heterocycles. The molecule has 1 spiro atoms. The number of piperidine rings is 1. The van der Waals surface area contributed by atoms with Gasteiger partial charge >= 0.3 is 6.18 Å². The number of alkyl halides is 3. The third kappa shape index (κ3) is 6.87. The van der Waals surface area contributed by atoms with Crippen molar-refractivity contribution in [2.75, 3.05) is 44.8 Å². The average Bonchev–Trinajstić information content (AvgIpc) is 3.28. The van der Waals surface area contributed by atoms with Gasteiger partial charge in [-0.1, -0.05) is 6.07 Å². The van der Waals surface area contributed by atoms with Crippen LogP contribution in [0.5, 0.6) is 5.75 Å². The largest absolute Gasteiger partial charge is 0.491 e. The summed E-state index contributed by atoms with van der Waals surface area (Å²) in [6.45, 7) is 1.92. The number of ether oxygens (including phenoxy) is 2. The van der Waals surface area contributed by atoms with Crippen LogP contribution in [0.15, 0.2) is 41.6 Å². The Morgan fingerprint density at radius 3 is 2.68 bits per heavy atom. The number of benzene rings is 1. The van der Waals surface area contributed by atoms with Gasteiger partial charge in [0.05, 0.1) is 29.5 Å². The van der Waals surface area contributed by atoms with Crippen molar-refractivity contribution in [1.29, 1.82) is 0 Å². The molecule has 10 nitrogen and oxygen atoms in total. The standard InChI is InChI=1S/C23H30F3N5O5S/c1-27-37(33,34)19-4-2-3-18(9-19)35-15-17(32)11-28-16-10-22(36-14-16)5-7-31(8-6-22)21-13-29-20(12-30-21)23(24,25)26/h2-4,9,12-13,16-17,27-28,32H,5-8,10-11,14-15H2,1H3/t16-,17+/m1/s1. The number of anilines is 1. The van der Waals surface area contributed by atoms with Crippen LogP contribution in [0.25, 0.3) is 0 Å². The van der Waals surface area contributed by atoms with E-state index in [2.05, 4.69) is 20.0 Å². The maximum absolute atomic E-state index is 12.7. The molecule has 2 aromatic rings. The zero-order chi connectivity index (χ0) is 26.7. The number of aliphatic hydroxyl groups excluding tert-OH is 1. The lowest BCUT2D eigenvalue weighted by Crippen LogP contribution is -2.45. The summed E-state index contributed by atoms with van der Waals surface area (Å²) in [7, 11) is -2.26. The maximum atomic E-state index is 12.7.